The number of nitrogens with zero attached hydrogens (tertiary/aromatic N) is 3. The van der Waals surface area contributed by atoms with Crippen molar-refractivity contribution in [1.29, 1.82) is 0 Å². The van der Waals surface area contributed by atoms with Gasteiger partial charge >= 0.3 is 0 Å². The standard InChI is InChI=1S/C30H26N6O2/c37-30(18-5-2-1-3-6-18)32-22-13-21(15-31-16-22)19-9-10-25-24(14-19)28(36-35-25)29-33-26-8-4-7-23(27(26)34-29)20-11-12-38-17-20/h4,7-18H,1-3,5-6H2,(H,32,37)(H,33,34)(H,35,36). The number of nitrogens with one attached hydrogen (secondary N) is 3. The Morgan fingerprint density at radius 1 is 0.947 bits per heavy atom. The number of furan rings is 1. The number of amides is 1. The maximum absolute atomic E-state index is 12.8. The van der Waals surface area contributed by atoms with Crippen molar-refractivity contribution in [2.75, 3.05) is 5.32 Å². The lowest BCUT2D eigenvalue weighted by atomic mass is 9.88. The Labute approximate surface area is 218 Å². The number of fused-ring (bicyclic) bond motifs is 2. The van der Waals surface area contributed by atoms with Crippen LogP contribution in [0, 0.1) is 5.92 Å². The van der Waals surface area contributed by atoms with Crippen LogP contribution in [0.2, 0.25) is 0 Å². The van der Waals surface area contributed by atoms with Crippen LogP contribution in [0.15, 0.2) is 77.9 Å². The van der Waals surface area contributed by atoms with Crippen LogP contribution >= 0.6 is 0 Å². The van der Waals surface area contributed by atoms with E-state index in [9.17, 15) is 4.79 Å². The minimum Gasteiger partial charge on any atom is -0.472 e. The number of carbonyl (C=O) groups excluding carboxylic acids is 1. The molecule has 188 valence electrons. The number of rotatable bonds is 5. The van der Waals surface area contributed by atoms with Gasteiger partial charge in [-0.15, -0.1) is 0 Å². The Morgan fingerprint density at radius 3 is 2.74 bits per heavy atom. The Hall–Kier alpha value is -4.72. The SMILES string of the molecule is O=C(Nc1cncc(-c2ccc3[nH]nc(-c4nc5c(-c6ccoc6)cccc5[nH]4)c3c2)c1)C1CCCCC1. The Balaban J connectivity index is 1.23. The van der Waals surface area contributed by atoms with Crippen LogP contribution in [0.5, 0.6) is 0 Å². The molecule has 4 heterocycles. The molecular weight excluding hydrogens is 476 g/mol. The van der Waals surface area contributed by atoms with Crippen molar-refractivity contribution in [2.45, 2.75) is 32.1 Å². The molecule has 0 saturated heterocycles. The smallest absolute Gasteiger partial charge is 0.227 e. The molecule has 4 aromatic heterocycles. The summed E-state index contributed by atoms with van der Waals surface area (Å²) in [4.78, 5) is 25.5. The molecule has 0 unspecified atom stereocenters. The summed E-state index contributed by atoms with van der Waals surface area (Å²) in [5, 5.41) is 11.7. The molecule has 0 radical (unpaired) electrons. The van der Waals surface area contributed by atoms with E-state index in [-0.39, 0.29) is 11.8 Å². The van der Waals surface area contributed by atoms with Gasteiger partial charge in [0.2, 0.25) is 5.91 Å². The van der Waals surface area contributed by atoms with Crippen molar-refractivity contribution in [3.63, 3.8) is 0 Å². The van der Waals surface area contributed by atoms with Crippen LogP contribution < -0.4 is 5.32 Å². The lowest BCUT2D eigenvalue weighted by molar-refractivity contribution is -0.120. The summed E-state index contributed by atoms with van der Waals surface area (Å²) in [5.74, 6) is 0.872. The zero-order valence-corrected chi connectivity index (χ0v) is 20.7. The predicted molar refractivity (Wildman–Crippen MR) is 147 cm³/mol. The second-order valence-corrected chi connectivity index (χ2v) is 9.92. The van der Waals surface area contributed by atoms with Crippen LogP contribution in [-0.4, -0.2) is 31.1 Å². The number of aromatic amines is 2. The number of anilines is 1. The number of pyridine rings is 1. The summed E-state index contributed by atoms with van der Waals surface area (Å²) in [5.41, 5.74) is 8.04. The number of hydrogen-bond donors (Lipinski definition) is 3. The summed E-state index contributed by atoms with van der Waals surface area (Å²) in [7, 11) is 0. The third kappa shape index (κ3) is 4.04. The van der Waals surface area contributed by atoms with Crippen molar-refractivity contribution in [3.05, 3.63) is 73.5 Å². The molecule has 0 spiro atoms. The number of hydrogen-bond acceptors (Lipinski definition) is 5. The molecule has 0 aliphatic heterocycles. The minimum atomic E-state index is 0.0927. The summed E-state index contributed by atoms with van der Waals surface area (Å²) in [6, 6.07) is 16.1. The summed E-state index contributed by atoms with van der Waals surface area (Å²) >= 11 is 0. The highest BCUT2D eigenvalue weighted by molar-refractivity contribution is 5.98. The number of H-pyrrole nitrogens is 2. The first-order valence-corrected chi connectivity index (χ1v) is 13.0. The molecule has 6 aromatic rings. The lowest BCUT2D eigenvalue weighted by Gasteiger charge is -2.20. The molecule has 1 aliphatic carbocycles. The quantitative estimate of drug-likeness (QED) is 0.236. The average molecular weight is 503 g/mol. The number of benzene rings is 2. The first-order valence-electron chi connectivity index (χ1n) is 13.0. The van der Waals surface area contributed by atoms with Crippen molar-refractivity contribution in [3.8, 4) is 33.8 Å². The van der Waals surface area contributed by atoms with Gasteiger partial charge in [0.1, 0.15) is 5.69 Å². The third-order valence-corrected chi connectivity index (χ3v) is 7.45. The zero-order chi connectivity index (χ0) is 25.5. The highest BCUT2D eigenvalue weighted by Crippen LogP contribution is 2.34. The highest BCUT2D eigenvalue weighted by Gasteiger charge is 2.21. The predicted octanol–water partition coefficient (Wildman–Crippen LogP) is 6.95. The van der Waals surface area contributed by atoms with Gasteiger partial charge in [0.15, 0.2) is 5.82 Å². The molecule has 1 saturated carbocycles. The molecule has 7 rings (SSSR count). The highest BCUT2D eigenvalue weighted by atomic mass is 16.3. The molecular formula is C30H26N6O2. The maximum atomic E-state index is 12.8. The normalized spacial score (nSPS) is 14.3. The van der Waals surface area contributed by atoms with E-state index >= 15 is 0 Å². The van der Waals surface area contributed by atoms with Gasteiger partial charge in [-0.2, -0.15) is 5.10 Å². The van der Waals surface area contributed by atoms with Gasteiger partial charge in [-0.05, 0) is 48.7 Å². The maximum Gasteiger partial charge on any atom is 0.227 e. The van der Waals surface area contributed by atoms with Crippen LogP contribution in [0.3, 0.4) is 0 Å². The third-order valence-electron chi connectivity index (χ3n) is 7.45. The van der Waals surface area contributed by atoms with Gasteiger partial charge in [0.05, 0.1) is 41.0 Å². The topological polar surface area (TPSA) is 112 Å². The Morgan fingerprint density at radius 2 is 1.87 bits per heavy atom. The molecule has 8 nitrogen and oxygen atoms in total. The van der Waals surface area contributed by atoms with Gasteiger partial charge in [-0.1, -0.05) is 37.5 Å². The fraction of sp³-hybridized carbons (Fsp3) is 0.200. The van der Waals surface area contributed by atoms with Crippen molar-refractivity contribution >= 4 is 33.5 Å². The monoisotopic (exact) mass is 502 g/mol. The van der Waals surface area contributed by atoms with Gasteiger partial charge in [-0.3, -0.25) is 14.9 Å². The number of aromatic nitrogens is 5. The molecule has 0 bridgehead atoms. The summed E-state index contributed by atoms with van der Waals surface area (Å²) < 4.78 is 5.29. The van der Waals surface area contributed by atoms with Crippen LogP contribution in [0.25, 0.3) is 55.7 Å². The second kappa shape index (κ2) is 9.30. The second-order valence-electron chi connectivity index (χ2n) is 9.92. The molecule has 8 heteroatoms. The van der Waals surface area contributed by atoms with Crippen LogP contribution in [-0.2, 0) is 4.79 Å². The van der Waals surface area contributed by atoms with E-state index in [1.807, 2.05) is 48.7 Å². The van der Waals surface area contributed by atoms with Gasteiger partial charge in [0, 0.05) is 34.2 Å². The molecule has 3 N–H and O–H groups in total. The van der Waals surface area contributed by atoms with Gasteiger partial charge < -0.3 is 14.7 Å². The number of para-hydroxylation sites is 1. The van der Waals surface area contributed by atoms with Crippen molar-refractivity contribution in [1.82, 2.24) is 25.1 Å². The van der Waals surface area contributed by atoms with Crippen molar-refractivity contribution < 1.29 is 9.21 Å². The van der Waals surface area contributed by atoms with E-state index in [1.54, 1.807) is 18.7 Å². The Kier molecular flexibility index (Phi) is 5.50. The molecule has 1 aliphatic rings. The van der Waals surface area contributed by atoms with E-state index in [2.05, 4.69) is 31.5 Å². The van der Waals surface area contributed by atoms with Gasteiger partial charge in [-0.25, -0.2) is 4.98 Å². The first kappa shape index (κ1) is 22.5. The molecule has 1 fully saturated rings. The first-order chi connectivity index (χ1) is 18.7. The van der Waals surface area contributed by atoms with Gasteiger partial charge in [0.25, 0.3) is 0 Å². The molecule has 0 atom stereocenters. The summed E-state index contributed by atoms with van der Waals surface area (Å²) in [6.45, 7) is 0. The van der Waals surface area contributed by atoms with Crippen LogP contribution in [0.4, 0.5) is 5.69 Å². The lowest BCUT2D eigenvalue weighted by Crippen LogP contribution is -2.24. The van der Waals surface area contributed by atoms with E-state index in [0.29, 0.717) is 5.82 Å². The van der Waals surface area contributed by atoms with E-state index in [1.165, 1.54) is 6.42 Å². The minimum absolute atomic E-state index is 0.0927. The molecule has 2 aromatic carbocycles. The van der Waals surface area contributed by atoms with E-state index in [0.717, 1.165) is 81.3 Å². The number of carbonyl (C=O) groups is 1. The largest absolute Gasteiger partial charge is 0.472 e. The zero-order valence-electron chi connectivity index (χ0n) is 20.7. The molecule has 1 amide bonds. The fourth-order valence-corrected chi connectivity index (χ4v) is 5.44. The van der Waals surface area contributed by atoms with Crippen LogP contribution in [0.1, 0.15) is 32.1 Å². The fourth-order valence-electron chi connectivity index (χ4n) is 5.44. The van der Waals surface area contributed by atoms with E-state index in [4.69, 9.17) is 9.40 Å². The number of imidazole rings is 1. The molecule has 38 heavy (non-hydrogen) atoms. The summed E-state index contributed by atoms with van der Waals surface area (Å²) in [6.07, 6.45) is 12.3. The van der Waals surface area contributed by atoms with Crippen molar-refractivity contribution in [2.24, 2.45) is 5.92 Å². The Bertz CT molecular complexity index is 1760. The van der Waals surface area contributed by atoms with E-state index < -0.39 is 0 Å². The average Bonchev–Trinajstić information content (AvgIpc) is 3.73.